The molecule has 0 radical (unpaired) electrons. The third-order valence-electron chi connectivity index (χ3n) is 4.29. The van der Waals surface area contributed by atoms with E-state index in [1.165, 1.54) is 58.0 Å². The van der Waals surface area contributed by atoms with Crippen molar-refractivity contribution in [2.24, 2.45) is 11.8 Å². The van der Waals surface area contributed by atoms with Crippen LogP contribution in [0.3, 0.4) is 0 Å². The molecule has 1 atom stereocenters. The first-order chi connectivity index (χ1) is 7.43. The Kier molecular flexibility index (Phi) is 2.98. The molecular weight excluding hydrogens is 184 g/mol. The molecule has 3 aliphatic rings. The summed E-state index contributed by atoms with van der Waals surface area (Å²) in [6, 6.07) is 1.71. The van der Waals surface area contributed by atoms with E-state index in [1.54, 1.807) is 0 Å². The molecule has 1 unspecified atom stereocenters. The van der Waals surface area contributed by atoms with Gasteiger partial charge in [0.25, 0.3) is 0 Å². The normalized spacial score (nSPS) is 31.4. The minimum absolute atomic E-state index is 0.816. The Morgan fingerprint density at radius 2 is 1.80 bits per heavy atom. The van der Waals surface area contributed by atoms with Crippen LogP contribution in [-0.4, -0.2) is 25.2 Å². The Bertz CT molecular complexity index is 191. The first kappa shape index (κ1) is 10.1. The lowest BCUT2D eigenvalue weighted by molar-refractivity contribution is 0.399. The predicted molar refractivity (Wildman–Crippen MR) is 62.9 cm³/mol. The Morgan fingerprint density at radius 1 is 1.07 bits per heavy atom. The van der Waals surface area contributed by atoms with Crippen LogP contribution in [0.5, 0.6) is 0 Å². The molecule has 1 heterocycles. The second kappa shape index (κ2) is 4.42. The first-order valence-corrected chi connectivity index (χ1v) is 6.90. The van der Waals surface area contributed by atoms with Gasteiger partial charge in [-0.15, -0.1) is 0 Å². The molecule has 0 spiro atoms. The molecule has 2 N–H and O–H groups in total. The van der Waals surface area contributed by atoms with Crippen molar-refractivity contribution in [1.82, 2.24) is 10.6 Å². The quantitative estimate of drug-likeness (QED) is 0.697. The van der Waals surface area contributed by atoms with Gasteiger partial charge in [-0.25, -0.2) is 0 Å². The zero-order valence-corrected chi connectivity index (χ0v) is 9.67. The molecule has 2 aliphatic carbocycles. The summed E-state index contributed by atoms with van der Waals surface area (Å²) in [6.45, 7) is 2.49. The Hall–Kier alpha value is -0.0800. The second-order valence-electron chi connectivity index (χ2n) is 5.74. The molecule has 3 rings (SSSR count). The average molecular weight is 208 g/mol. The van der Waals surface area contributed by atoms with Crippen LogP contribution >= 0.6 is 0 Å². The average Bonchev–Trinajstić information content (AvgIpc) is 3.15. The van der Waals surface area contributed by atoms with E-state index in [9.17, 15) is 0 Å². The van der Waals surface area contributed by atoms with Crippen molar-refractivity contribution in [2.75, 3.05) is 13.1 Å². The summed E-state index contributed by atoms with van der Waals surface area (Å²) in [5, 5.41) is 7.41. The van der Waals surface area contributed by atoms with E-state index in [4.69, 9.17) is 0 Å². The van der Waals surface area contributed by atoms with Gasteiger partial charge in [0, 0.05) is 12.1 Å². The van der Waals surface area contributed by atoms with Crippen molar-refractivity contribution < 1.29 is 0 Å². The molecule has 0 aromatic rings. The molecule has 2 heteroatoms. The molecule has 0 amide bonds. The van der Waals surface area contributed by atoms with Gasteiger partial charge < -0.3 is 10.6 Å². The van der Waals surface area contributed by atoms with Crippen LogP contribution in [-0.2, 0) is 0 Å². The topological polar surface area (TPSA) is 24.1 Å². The van der Waals surface area contributed by atoms with Crippen LogP contribution in [0.4, 0.5) is 0 Å². The number of rotatable bonds is 6. The van der Waals surface area contributed by atoms with E-state index in [1.807, 2.05) is 0 Å². The minimum atomic E-state index is 0.816. The summed E-state index contributed by atoms with van der Waals surface area (Å²) in [7, 11) is 0. The molecule has 86 valence electrons. The molecule has 0 bridgehead atoms. The molecule has 1 aliphatic heterocycles. The molecule has 2 nitrogen and oxygen atoms in total. The van der Waals surface area contributed by atoms with E-state index in [0.29, 0.717) is 0 Å². The summed E-state index contributed by atoms with van der Waals surface area (Å²) in [4.78, 5) is 0. The van der Waals surface area contributed by atoms with E-state index in [0.717, 1.165) is 23.9 Å². The maximum Gasteiger partial charge on any atom is 0.0124 e. The lowest BCUT2D eigenvalue weighted by Gasteiger charge is -2.19. The first-order valence-electron chi connectivity index (χ1n) is 6.90. The zero-order valence-electron chi connectivity index (χ0n) is 9.67. The smallest absolute Gasteiger partial charge is 0.0124 e. The van der Waals surface area contributed by atoms with Gasteiger partial charge in [-0.2, -0.15) is 0 Å². The Labute approximate surface area is 93.2 Å². The van der Waals surface area contributed by atoms with Gasteiger partial charge >= 0.3 is 0 Å². The molecule has 15 heavy (non-hydrogen) atoms. The van der Waals surface area contributed by atoms with E-state index < -0.39 is 0 Å². The fourth-order valence-electron chi connectivity index (χ4n) is 3.06. The summed E-state index contributed by atoms with van der Waals surface area (Å²) >= 11 is 0. The molecule has 0 aromatic heterocycles. The number of hydrogen-bond donors (Lipinski definition) is 2. The van der Waals surface area contributed by atoms with E-state index in [-0.39, 0.29) is 0 Å². The third-order valence-corrected chi connectivity index (χ3v) is 4.29. The summed E-state index contributed by atoms with van der Waals surface area (Å²) in [6.07, 6.45) is 10.1. The summed E-state index contributed by atoms with van der Waals surface area (Å²) < 4.78 is 0. The van der Waals surface area contributed by atoms with Crippen LogP contribution in [0, 0.1) is 11.8 Å². The van der Waals surface area contributed by atoms with Crippen LogP contribution in [0.2, 0.25) is 0 Å². The molecule has 3 fully saturated rings. The highest BCUT2D eigenvalue weighted by molar-refractivity contribution is 4.96. The predicted octanol–water partition coefficient (Wildman–Crippen LogP) is 1.91. The monoisotopic (exact) mass is 208 g/mol. The summed E-state index contributed by atoms with van der Waals surface area (Å²) in [5.74, 6) is 2.10. The van der Waals surface area contributed by atoms with Crippen LogP contribution in [0.15, 0.2) is 0 Å². The zero-order chi connectivity index (χ0) is 10.1. The maximum absolute atomic E-state index is 3.83. The van der Waals surface area contributed by atoms with Crippen LogP contribution in [0.1, 0.15) is 44.9 Å². The van der Waals surface area contributed by atoms with E-state index >= 15 is 0 Å². The number of hydrogen-bond acceptors (Lipinski definition) is 2. The van der Waals surface area contributed by atoms with Crippen molar-refractivity contribution in [1.29, 1.82) is 0 Å². The number of nitrogens with one attached hydrogen (secondary N) is 2. The van der Waals surface area contributed by atoms with Gasteiger partial charge in [-0.1, -0.05) is 0 Å². The molecule has 2 saturated carbocycles. The highest BCUT2D eigenvalue weighted by atomic mass is 15.0. The highest BCUT2D eigenvalue weighted by Gasteiger charge is 2.40. The lowest BCUT2D eigenvalue weighted by atomic mass is 10.1. The van der Waals surface area contributed by atoms with Crippen molar-refractivity contribution in [3.05, 3.63) is 0 Å². The van der Waals surface area contributed by atoms with Crippen molar-refractivity contribution in [2.45, 2.75) is 57.0 Å². The van der Waals surface area contributed by atoms with Crippen LogP contribution < -0.4 is 10.6 Å². The van der Waals surface area contributed by atoms with Gasteiger partial charge in [0.2, 0.25) is 0 Å². The van der Waals surface area contributed by atoms with Gasteiger partial charge in [0.15, 0.2) is 0 Å². The summed E-state index contributed by atoms with van der Waals surface area (Å²) in [5.41, 5.74) is 0. The van der Waals surface area contributed by atoms with Crippen molar-refractivity contribution in [3.63, 3.8) is 0 Å². The van der Waals surface area contributed by atoms with Crippen molar-refractivity contribution in [3.8, 4) is 0 Å². The lowest BCUT2D eigenvalue weighted by Crippen LogP contribution is -2.36. The highest BCUT2D eigenvalue weighted by Crippen LogP contribution is 2.44. The molecule has 0 aromatic carbocycles. The third kappa shape index (κ3) is 2.73. The SMILES string of the molecule is C1CNC(CCNC(C2CC2)C2CC2)C1. The van der Waals surface area contributed by atoms with Crippen LogP contribution in [0.25, 0.3) is 0 Å². The Balaban J connectivity index is 1.36. The van der Waals surface area contributed by atoms with Crippen molar-refractivity contribution >= 4 is 0 Å². The largest absolute Gasteiger partial charge is 0.314 e. The molecule has 1 saturated heterocycles. The molecular formula is C13H24N2. The maximum atomic E-state index is 3.83. The van der Waals surface area contributed by atoms with Gasteiger partial charge in [0.1, 0.15) is 0 Å². The van der Waals surface area contributed by atoms with Gasteiger partial charge in [-0.05, 0) is 69.9 Å². The minimum Gasteiger partial charge on any atom is -0.314 e. The van der Waals surface area contributed by atoms with E-state index in [2.05, 4.69) is 10.6 Å². The second-order valence-corrected chi connectivity index (χ2v) is 5.74. The standard InChI is InChI=1S/C13H24N2/c1-2-12(14-8-1)7-9-15-13(10-3-4-10)11-5-6-11/h10-15H,1-9H2. The van der Waals surface area contributed by atoms with Gasteiger partial charge in [0.05, 0.1) is 0 Å². The fourth-order valence-corrected chi connectivity index (χ4v) is 3.06. The Morgan fingerprint density at radius 3 is 2.33 bits per heavy atom. The van der Waals surface area contributed by atoms with Gasteiger partial charge in [-0.3, -0.25) is 0 Å². The fraction of sp³-hybridized carbons (Fsp3) is 1.00.